The van der Waals surface area contributed by atoms with Crippen LogP contribution in [0.3, 0.4) is 0 Å². The molecular formula is C28H28Cl2N4O4. The molecular weight excluding hydrogens is 527 g/mol. The van der Waals surface area contributed by atoms with E-state index in [1.807, 2.05) is 13.8 Å². The van der Waals surface area contributed by atoms with Crippen molar-refractivity contribution in [2.45, 2.75) is 39.5 Å². The van der Waals surface area contributed by atoms with Gasteiger partial charge in [-0.15, -0.1) is 0 Å². The first-order valence-electron chi connectivity index (χ1n) is 12.1. The standard InChI is InChI=1S/C28H28Cl2N4O4/c1-3-5-25(35)31-19-11-13-21(29)23(15-19)33-27(37)17-7-9-18(10-8-17)28(38)34-24-16-20(12-14-22(24)30)32-26(36)6-4-2/h7-16H,3-6H2,1-2H3,(H,31,35)(H,32,36)(H,33,37)(H,34,38). The van der Waals surface area contributed by atoms with Crippen molar-refractivity contribution in [2.24, 2.45) is 0 Å². The van der Waals surface area contributed by atoms with Crippen LogP contribution in [-0.2, 0) is 9.59 Å². The fourth-order valence-corrected chi connectivity index (χ4v) is 3.79. The summed E-state index contributed by atoms with van der Waals surface area (Å²) in [6.45, 7) is 3.82. The first-order valence-corrected chi connectivity index (χ1v) is 12.9. The van der Waals surface area contributed by atoms with Gasteiger partial charge in [-0.25, -0.2) is 0 Å². The highest BCUT2D eigenvalue weighted by molar-refractivity contribution is 6.34. The highest BCUT2D eigenvalue weighted by atomic mass is 35.5. The SMILES string of the molecule is CCCC(=O)Nc1ccc(Cl)c(NC(=O)c2ccc(C(=O)Nc3cc(NC(=O)CCC)ccc3Cl)cc2)c1. The number of benzene rings is 3. The molecule has 38 heavy (non-hydrogen) atoms. The number of halogens is 2. The van der Waals surface area contributed by atoms with Gasteiger partial charge in [-0.2, -0.15) is 0 Å². The summed E-state index contributed by atoms with van der Waals surface area (Å²) in [6, 6.07) is 15.7. The van der Waals surface area contributed by atoms with Gasteiger partial charge in [0.15, 0.2) is 0 Å². The van der Waals surface area contributed by atoms with Crippen molar-refractivity contribution in [1.29, 1.82) is 0 Å². The van der Waals surface area contributed by atoms with Gasteiger partial charge in [0.05, 0.1) is 21.4 Å². The molecule has 0 atom stereocenters. The Bertz CT molecular complexity index is 1240. The predicted octanol–water partition coefficient (Wildman–Crippen LogP) is 6.98. The molecule has 0 bridgehead atoms. The highest BCUT2D eigenvalue weighted by Crippen LogP contribution is 2.28. The number of carbonyl (C=O) groups excluding carboxylic acids is 4. The lowest BCUT2D eigenvalue weighted by atomic mass is 10.1. The van der Waals surface area contributed by atoms with Gasteiger partial charge in [0.2, 0.25) is 11.8 Å². The number of anilines is 4. The monoisotopic (exact) mass is 554 g/mol. The van der Waals surface area contributed by atoms with Gasteiger partial charge < -0.3 is 21.3 Å². The van der Waals surface area contributed by atoms with Gasteiger partial charge in [0, 0.05) is 35.3 Å². The summed E-state index contributed by atoms with van der Waals surface area (Å²) in [5.74, 6) is -1.13. The number of carbonyl (C=O) groups is 4. The van der Waals surface area contributed by atoms with Crippen LogP contribution in [0, 0.1) is 0 Å². The van der Waals surface area contributed by atoms with Crippen LogP contribution in [0.2, 0.25) is 10.0 Å². The molecule has 0 fully saturated rings. The maximum absolute atomic E-state index is 12.8. The largest absolute Gasteiger partial charge is 0.326 e. The molecule has 3 aromatic rings. The van der Waals surface area contributed by atoms with E-state index >= 15 is 0 Å². The van der Waals surface area contributed by atoms with Crippen molar-refractivity contribution in [2.75, 3.05) is 21.3 Å². The molecule has 8 nitrogen and oxygen atoms in total. The number of hydrogen-bond acceptors (Lipinski definition) is 4. The van der Waals surface area contributed by atoms with E-state index < -0.39 is 11.8 Å². The molecule has 0 spiro atoms. The molecule has 3 rings (SSSR count). The number of nitrogens with one attached hydrogen (secondary N) is 4. The Morgan fingerprint density at radius 1 is 0.579 bits per heavy atom. The predicted molar refractivity (Wildman–Crippen MR) is 152 cm³/mol. The van der Waals surface area contributed by atoms with E-state index in [1.54, 1.807) is 36.4 Å². The van der Waals surface area contributed by atoms with E-state index in [0.29, 0.717) is 69.6 Å². The normalized spacial score (nSPS) is 10.4. The summed E-state index contributed by atoms with van der Waals surface area (Å²) in [5, 5.41) is 11.6. The molecule has 4 N–H and O–H groups in total. The van der Waals surface area contributed by atoms with E-state index in [-0.39, 0.29) is 11.8 Å². The van der Waals surface area contributed by atoms with Crippen LogP contribution in [0.25, 0.3) is 0 Å². The average Bonchev–Trinajstić information content (AvgIpc) is 2.88. The Hall–Kier alpha value is -3.88. The molecule has 0 saturated carbocycles. The van der Waals surface area contributed by atoms with Crippen molar-refractivity contribution in [3.8, 4) is 0 Å². The summed E-state index contributed by atoms with van der Waals surface area (Å²) in [6.07, 6.45) is 2.20. The molecule has 10 heteroatoms. The maximum atomic E-state index is 12.8. The summed E-state index contributed by atoms with van der Waals surface area (Å²) in [7, 11) is 0. The molecule has 4 amide bonds. The fraction of sp³-hybridized carbons (Fsp3) is 0.214. The number of rotatable bonds is 10. The Morgan fingerprint density at radius 2 is 0.947 bits per heavy atom. The molecule has 0 aliphatic rings. The van der Waals surface area contributed by atoms with Gasteiger partial charge in [-0.1, -0.05) is 37.0 Å². The van der Waals surface area contributed by atoms with Crippen LogP contribution in [0.15, 0.2) is 60.7 Å². The summed E-state index contributed by atoms with van der Waals surface area (Å²) in [4.78, 5) is 49.3. The van der Waals surface area contributed by atoms with Crippen LogP contribution in [0.1, 0.15) is 60.2 Å². The molecule has 198 valence electrons. The van der Waals surface area contributed by atoms with Crippen molar-refractivity contribution in [3.05, 3.63) is 81.8 Å². The smallest absolute Gasteiger partial charge is 0.255 e. The Morgan fingerprint density at radius 3 is 1.29 bits per heavy atom. The third kappa shape index (κ3) is 8.06. The second-order valence-corrected chi connectivity index (χ2v) is 9.29. The Labute approximate surface area is 231 Å². The molecule has 0 aliphatic carbocycles. The van der Waals surface area contributed by atoms with Crippen LogP contribution in [-0.4, -0.2) is 23.6 Å². The van der Waals surface area contributed by atoms with Crippen LogP contribution in [0.5, 0.6) is 0 Å². The van der Waals surface area contributed by atoms with E-state index in [0.717, 1.165) is 0 Å². The van der Waals surface area contributed by atoms with Crippen molar-refractivity contribution in [1.82, 2.24) is 0 Å². The number of amides is 4. The second-order valence-electron chi connectivity index (χ2n) is 8.47. The molecule has 0 aliphatic heterocycles. The second kappa shape index (κ2) is 13.6. The lowest BCUT2D eigenvalue weighted by Gasteiger charge is -2.12. The Kier molecular flexibility index (Phi) is 10.3. The zero-order valence-corrected chi connectivity index (χ0v) is 22.5. The summed E-state index contributed by atoms with van der Waals surface area (Å²) in [5.41, 5.74) is 2.32. The molecule has 0 unspecified atom stereocenters. The van der Waals surface area contributed by atoms with E-state index in [9.17, 15) is 19.2 Å². The third-order valence-corrected chi connectivity index (χ3v) is 6.02. The van der Waals surface area contributed by atoms with Crippen molar-refractivity contribution < 1.29 is 19.2 Å². The molecule has 0 heterocycles. The minimum Gasteiger partial charge on any atom is -0.326 e. The zero-order valence-electron chi connectivity index (χ0n) is 21.0. The summed E-state index contributed by atoms with van der Waals surface area (Å²) < 4.78 is 0. The van der Waals surface area contributed by atoms with Crippen molar-refractivity contribution >= 4 is 69.6 Å². The van der Waals surface area contributed by atoms with Gasteiger partial charge >= 0.3 is 0 Å². The van der Waals surface area contributed by atoms with Crippen LogP contribution < -0.4 is 21.3 Å². The van der Waals surface area contributed by atoms with Crippen molar-refractivity contribution in [3.63, 3.8) is 0 Å². The van der Waals surface area contributed by atoms with Gasteiger partial charge in [-0.05, 0) is 73.5 Å². The molecule has 3 aromatic carbocycles. The maximum Gasteiger partial charge on any atom is 0.255 e. The topological polar surface area (TPSA) is 116 Å². The van der Waals surface area contributed by atoms with Gasteiger partial charge in [0.1, 0.15) is 0 Å². The minimum atomic E-state index is -0.436. The molecule has 0 aromatic heterocycles. The average molecular weight is 555 g/mol. The quantitative estimate of drug-likeness (QED) is 0.216. The van der Waals surface area contributed by atoms with E-state index in [1.165, 1.54) is 24.3 Å². The number of hydrogen-bond donors (Lipinski definition) is 4. The van der Waals surface area contributed by atoms with Crippen LogP contribution in [0.4, 0.5) is 22.7 Å². The van der Waals surface area contributed by atoms with Gasteiger partial charge in [-0.3, -0.25) is 19.2 Å². The first kappa shape index (κ1) is 28.7. The van der Waals surface area contributed by atoms with Gasteiger partial charge in [0.25, 0.3) is 11.8 Å². The first-order chi connectivity index (χ1) is 18.2. The lowest BCUT2D eigenvalue weighted by Crippen LogP contribution is -2.15. The minimum absolute atomic E-state index is 0.129. The van der Waals surface area contributed by atoms with E-state index in [2.05, 4.69) is 21.3 Å². The highest BCUT2D eigenvalue weighted by Gasteiger charge is 2.14. The van der Waals surface area contributed by atoms with Crippen LogP contribution >= 0.6 is 23.2 Å². The molecule has 0 saturated heterocycles. The fourth-order valence-electron chi connectivity index (χ4n) is 3.46. The lowest BCUT2D eigenvalue weighted by molar-refractivity contribution is -0.117. The summed E-state index contributed by atoms with van der Waals surface area (Å²) >= 11 is 12.4. The molecule has 0 radical (unpaired) electrons. The zero-order chi connectivity index (χ0) is 27.7. The Balaban J connectivity index is 1.67. The van der Waals surface area contributed by atoms with E-state index in [4.69, 9.17) is 23.2 Å². The third-order valence-electron chi connectivity index (χ3n) is 5.36.